The van der Waals surface area contributed by atoms with Crippen molar-refractivity contribution in [3.05, 3.63) is 46.2 Å². The van der Waals surface area contributed by atoms with Crippen LogP contribution in [0.5, 0.6) is 5.75 Å². The van der Waals surface area contributed by atoms with Crippen LogP contribution in [0.15, 0.2) is 35.0 Å². The normalized spacial score (nSPS) is 11.9. The fraction of sp³-hybridized carbons (Fsp3) is 0.214. The summed E-state index contributed by atoms with van der Waals surface area (Å²) in [5, 5.41) is 16.3. The third-order valence-corrected chi connectivity index (χ3v) is 3.55. The van der Waals surface area contributed by atoms with E-state index in [-0.39, 0.29) is 12.5 Å². The minimum atomic E-state index is -0.725. The topological polar surface area (TPSA) is 84.6 Å². The SMILES string of the molecule is COc1ccc(N)cc1C(=O)NCC(O)c1ccsc1. The Balaban J connectivity index is 2.03. The number of nitrogens with one attached hydrogen (secondary N) is 1. The Hall–Kier alpha value is -2.05. The van der Waals surface area contributed by atoms with Crippen LogP contribution < -0.4 is 15.8 Å². The van der Waals surface area contributed by atoms with Gasteiger partial charge in [0.25, 0.3) is 5.91 Å². The van der Waals surface area contributed by atoms with Gasteiger partial charge in [0.05, 0.1) is 18.8 Å². The number of ether oxygens (including phenoxy) is 1. The molecule has 1 aromatic heterocycles. The monoisotopic (exact) mass is 292 g/mol. The second kappa shape index (κ2) is 6.40. The molecule has 6 heteroatoms. The van der Waals surface area contributed by atoms with E-state index in [1.54, 1.807) is 18.2 Å². The van der Waals surface area contributed by atoms with Gasteiger partial charge in [-0.15, -0.1) is 0 Å². The molecule has 1 heterocycles. The minimum Gasteiger partial charge on any atom is -0.496 e. The lowest BCUT2D eigenvalue weighted by molar-refractivity contribution is 0.0913. The number of thiophene rings is 1. The molecule has 0 saturated heterocycles. The van der Waals surface area contributed by atoms with E-state index < -0.39 is 6.10 Å². The number of aliphatic hydroxyl groups is 1. The summed E-state index contributed by atoms with van der Waals surface area (Å²) >= 11 is 1.50. The molecule has 0 aliphatic rings. The van der Waals surface area contributed by atoms with Gasteiger partial charge in [0.2, 0.25) is 0 Å². The van der Waals surface area contributed by atoms with Gasteiger partial charge >= 0.3 is 0 Å². The highest BCUT2D eigenvalue weighted by atomic mass is 32.1. The van der Waals surface area contributed by atoms with E-state index in [4.69, 9.17) is 10.5 Å². The number of hydrogen-bond acceptors (Lipinski definition) is 5. The van der Waals surface area contributed by atoms with Gasteiger partial charge in [-0.25, -0.2) is 0 Å². The molecule has 20 heavy (non-hydrogen) atoms. The fourth-order valence-corrected chi connectivity index (χ4v) is 2.48. The Kier molecular flexibility index (Phi) is 4.60. The number of aliphatic hydroxyl groups excluding tert-OH is 1. The van der Waals surface area contributed by atoms with Gasteiger partial charge in [0.15, 0.2) is 0 Å². The van der Waals surface area contributed by atoms with Gasteiger partial charge in [-0.2, -0.15) is 11.3 Å². The van der Waals surface area contributed by atoms with E-state index in [9.17, 15) is 9.90 Å². The number of hydrogen-bond donors (Lipinski definition) is 3. The van der Waals surface area contributed by atoms with Crippen molar-refractivity contribution in [1.82, 2.24) is 5.32 Å². The van der Waals surface area contributed by atoms with Crippen molar-refractivity contribution in [3.8, 4) is 5.75 Å². The third-order valence-electron chi connectivity index (χ3n) is 2.85. The molecule has 0 radical (unpaired) electrons. The average Bonchev–Trinajstić information content (AvgIpc) is 2.98. The number of carbonyl (C=O) groups is 1. The van der Waals surface area contributed by atoms with Crippen LogP contribution in [0.2, 0.25) is 0 Å². The molecule has 106 valence electrons. The Labute approximate surface area is 121 Å². The molecule has 5 nitrogen and oxygen atoms in total. The molecule has 0 fully saturated rings. The van der Waals surface area contributed by atoms with Crippen LogP contribution in [0, 0.1) is 0 Å². The number of methoxy groups -OCH3 is 1. The van der Waals surface area contributed by atoms with Crippen molar-refractivity contribution >= 4 is 22.9 Å². The molecule has 1 atom stereocenters. The summed E-state index contributed by atoms with van der Waals surface area (Å²) in [6.45, 7) is 0.132. The highest BCUT2D eigenvalue weighted by Gasteiger charge is 2.15. The Morgan fingerprint density at radius 3 is 2.95 bits per heavy atom. The molecular weight excluding hydrogens is 276 g/mol. The summed E-state index contributed by atoms with van der Waals surface area (Å²) in [5.74, 6) is 0.116. The first-order valence-corrected chi connectivity index (χ1v) is 6.98. The molecule has 0 bridgehead atoms. The van der Waals surface area contributed by atoms with Gasteiger partial charge < -0.3 is 20.9 Å². The standard InChI is InChI=1S/C14H16N2O3S/c1-19-13-3-2-10(15)6-11(13)14(18)16-7-12(17)9-4-5-20-8-9/h2-6,8,12,17H,7,15H2,1H3,(H,16,18). The Morgan fingerprint density at radius 2 is 2.30 bits per heavy atom. The summed E-state index contributed by atoms with van der Waals surface area (Å²) in [4.78, 5) is 12.1. The van der Waals surface area contributed by atoms with E-state index >= 15 is 0 Å². The highest BCUT2D eigenvalue weighted by Crippen LogP contribution is 2.21. The average molecular weight is 292 g/mol. The van der Waals surface area contributed by atoms with Gasteiger partial charge in [-0.1, -0.05) is 0 Å². The van der Waals surface area contributed by atoms with Crippen molar-refractivity contribution in [3.63, 3.8) is 0 Å². The van der Waals surface area contributed by atoms with E-state index in [2.05, 4.69) is 5.32 Å². The third kappa shape index (κ3) is 3.28. The molecule has 1 amide bonds. The molecule has 2 aromatic rings. The van der Waals surface area contributed by atoms with Crippen LogP contribution in [0.4, 0.5) is 5.69 Å². The van der Waals surface area contributed by atoms with Crippen molar-refractivity contribution in [2.45, 2.75) is 6.10 Å². The molecule has 1 aromatic carbocycles. The molecule has 2 rings (SSSR count). The largest absolute Gasteiger partial charge is 0.496 e. The first kappa shape index (κ1) is 14.4. The number of anilines is 1. The molecular formula is C14H16N2O3S. The van der Waals surface area contributed by atoms with Gasteiger partial charge in [-0.05, 0) is 40.6 Å². The Morgan fingerprint density at radius 1 is 1.50 bits per heavy atom. The van der Waals surface area contributed by atoms with Crippen molar-refractivity contribution in [2.75, 3.05) is 19.4 Å². The van der Waals surface area contributed by atoms with Gasteiger partial charge in [0.1, 0.15) is 5.75 Å². The number of benzene rings is 1. The zero-order chi connectivity index (χ0) is 14.5. The van der Waals surface area contributed by atoms with Crippen molar-refractivity contribution in [2.24, 2.45) is 0 Å². The van der Waals surface area contributed by atoms with Crippen LogP contribution in [0.25, 0.3) is 0 Å². The quantitative estimate of drug-likeness (QED) is 0.734. The van der Waals surface area contributed by atoms with Crippen LogP contribution in [-0.4, -0.2) is 24.7 Å². The maximum Gasteiger partial charge on any atom is 0.255 e. The lowest BCUT2D eigenvalue weighted by atomic mass is 10.1. The first-order chi connectivity index (χ1) is 9.61. The zero-order valence-electron chi connectivity index (χ0n) is 11.0. The lowest BCUT2D eigenvalue weighted by Crippen LogP contribution is -2.28. The van der Waals surface area contributed by atoms with Crippen LogP contribution >= 0.6 is 11.3 Å². The number of carbonyl (C=O) groups excluding carboxylic acids is 1. The minimum absolute atomic E-state index is 0.132. The van der Waals surface area contributed by atoms with E-state index in [0.29, 0.717) is 17.0 Å². The molecule has 1 unspecified atom stereocenters. The first-order valence-electron chi connectivity index (χ1n) is 6.03. The maximum absolute atomic E-state index is 12.1. The molecule has 0 saturated carbocycles. The van der Waals surface area contributed by atoms with Gasteiger partial charge in [-0.3, -0.25) is 4.79 Å². The zero-order valence-corrected chi connectivity index (χ0v) is 11.8. The van der Waals surface area contributed by atoms with E-state index in [1.807, 2.05) is 16.8 Å². The number of rotatable bonds is 5. The molecule has 0 aliphatic heterocycles. The predicted molar refractivity (Wildman–Crippen MR) is 79.0 cm³/mol. The lowest BCUT2D eigenvalue weighted by Gasteiger charge is -2.12. The predicted octanol–water partition coefficient (Wildman–Crippen LogP) is 1.80. The number of nitrogens with two attached hydrogens (primary N) is 1. The second-order valence-corrected chi connectivity index (χ2v) is 5.02. The van der Waals surface area contributed by atoms with Crippen molar-refractivity contribution in [1.29, 1.82) is 0 Å². The highest BCUT2D eigenvalue weighted by molar-refractivity contribution is 7.07. The summed E-state index contributed by atoms with van der Waals surface area (Å²) < 4.78 is 5.12. The summed E-state index contributed by atoms with van der Waals surface area (Å²) in [7, 11) is 1.49. The van der Waals surface area contributed by atoms with Crippen molar-refractivity contribution < 1.29 is 14.6 Å². The maximum atomic E-state index is 12.1. The van der Waals surface area contributed by atoms with E-state index in [1.165, 1.54) is 18.4 Å². The van der Waals surface area contributed by atoms with E-state index in [0.717, 1.165) is 5.56 Å². The molecule has 4 N–H and O–H groups in total. The van der Waals surface area contributed by atoms with Crippen LogP contribution in [-0.2, 0) is 0 Å². The molecule has 0 spiro atoms. The second-order valence-electron chi connectivity index (χ2n) is 4.24. The summed E-state index contributed by atoms with van der Waals surface area (Å²) in [5.41, 5.74) is 7.29. The summed E-state index contributed by atoms with van der Waals surface area (Å²) in [6, 6.07) is 6.67. The number of nitrogen functional groups attached to an aromatic ring is 1. The summed E-state index contributed by atoms with van der Waals surface area (Å²) in [6.07, 6.45) is -0.725. The van der Waals surface area contributed by atoms with Crippen LogP contribution in [0.1, 0.15) is 22.0 Å². The molecule has 0 aliphatic carbocycles. The smallest absolute Gasteiger partial charge is 0.255 e. The van der Waals surface area contributed by atoms with Crippen LogP contribution in [0.3, 0.4) is 0 Å². The Bertz CT molecular complexity index is 584. The number of amides is 1. The van der Waals surface area contributed by atoms with Gasteiger partial charge in [0, 0.05) is 12.2 Å². The fourth-order valence-electron chi connectivity index (χ4n) is 1.77.